The lowest BCUT2D eigenvalue weighted by Crippen LogP contribution is -2.17. The fourth-order valence-electron chi connectivity index (χ4n) is 1.87. The molecule has 1 aromatic rings. The minimum atomic E-state index is -0.123. The number of carbonyl (C=O) groups excluding carboxylic acids is 1. The summed E-state index contributed by atoms with van der Waals surface area (Å²) in [6.45, 7) is 0. The van der Waals surface area contributed by atoms with E-state index in [1.165, 1.54) is 5.56 Å². The summed E-state index contributed by atoms with van der Waals surface area (Å²) in [4.78, 5) is 10.7. The molecule has 2 heteroatoms. The number of rotatable bonds is 1. The first-order chi connectivity index (χ1) is 6.33. The van der Waals surface area contributed by atoms with Gasteiger partial charge in [0.25, 0.3) is 0 Å². The zero-order valence-corrected chi connectivity index (χ0v) is 8.00. The Labute approximate surface area is 82.7 Å². The first-order valence-corrected chi connectivity index (χ1v) is 4.93. The summed E-state index contributed by atoms with van der Waals surface area (Å²) >= 11 is 6.18. The standard InChI is InChI=1S/C11H11ClO/c12-11-9(7-13)6-5-8-3-1-2-4-10(8)11/h1-4,7,9,11H,5-6H2. The predicted molar refractivity (Wildman–Crippen MR) is 52.9 cm³/mol. The number of benzene rings is 1. The van der Waals surface area contributed by atoms with Crippen LogP contribution in [0.1, 0.15) is 22.9 Å². The molecule has 0 fully saturated rings. The Morgan fingerprint density at radius 3 is 2.92 bits per heavy atom. The Hall–Kier alpha value is -0.820. The van der Waals surface area contributed by atoms with Gasteiger partial charge in [0.1, 0.15) is 6.29 Å². The Morgan fingerprint density at radius 1 is 1.38 bits per heavy atom. The summed E-state index contributed by atoms with van der Waals surface area (Å²) in [7, 11) is 0. The molecule has 1 aliphatic rings. The van der Waals surface area contributed by atoms with Crippen molar-refractivity contribution in [1.29, 1.82) is 0 Å². The molecule has 0 saturated carbocycles. The molecule has 0 heterocycles. The van der Waals surface area contributed by atoms with Crippen molar-refractivity contribution in [2.75, 3.05) is 0 Å². The van der Waals surface area contributed by atoms with Gasteiger partial charge in [0.05, 0.1) is 5.38 Å². The molecule has 2 unspecified atom stereocenters. The van der Waals surface area contributed by atoms with Crippen LogP contribution in [0.25, 0.3) is 0 Å². The first kappa shape index (κ1) is 8.76. The molecular formula is C11H11ClO. The van der Waals surface area contributed by atoms with Gasteiger partial charge < -0.3 is 4.79 Å². The Kier molecular flexibility index (Phi) is 2.36. The van der Waals surface area contributed by atoms with E-state index in [4.69, 9.17) is 11.6 Å². The van der Waals surface area contributed by atoms with Crippen LogP contribution in [0.3, 0.4) is 0 Å². The molecule has 1 aliphatic carbocycles. The minimum Gasteiger partial charge on any atom is -0.303 e. The molecule has 0 aromatic heterocycles. The zero-order valence-electron chi connectivity index (χ0n) is 7.24. The highest BCUT2D eigenvalue weighted by molar-refractivity contribution is 6.22. The van der Waals surface area contributed by atoms with Gasteiger partial charge in [-0.05, 0) is 24.0 Å². The Bertz CT molecular complexity index is 322. The zero-order chi connectivity index (χ0) is 9.26. The molecule has 1 nitrogen and oxygen atoms in total. The third-order valence-corrected chi connectivity index (χ3v) is 3.21. The average molecular weight is 195 g/mol. The summed E-state index contributed by atoms with van der Waals surface area (Å²) in [6, 6.07) is 8.10. The van der Waals surface area contributed by atoms with Gasteiger partial charge in [-0.3, -0.25) is 0 Å². The monoisotopic (exact) mass is 194 g/mol. The van der Waals surface area contributed by atoms with E-state index in [0.29, 0.717) is 0 Å². The highest BCUT2D eigenvalue weighted by Gasteiger charge is 2.26. The molecule has 0 saturated heterocycles. The van der Waals surface area contributed by atoms with Gasteiger partial charge in [0.15, 0.2) is 0 Å². The summed E-state index contributed by atoms with van der Waals surface area (Å²) in [6.07, 6.45) is 2.84. The number of aldehydes is 1. The molecule has 0 bridgehead atoms. The second-order valence-corrected chi connectivity index (χ2v) is 3.91. The maximum Gasteiger partial charge on any atom is 0.124 e. The highest BCUT2D eigenvalue weighted by Crippen LogP contribution is 2.37. The van der Waals surface area contributed by atoms with E-state index in [1.807, 2.05) is 18.2 Å². The predicted octanol–water partition coefficient (Wildman–Crippen LogP) is 2.73. The third kappa shape index (κ3) is 1.49. The first-order valence-electron chi connectivity index (χ1n) is 4.50. The van der Waals surface area contributed by atoms with Gasteiger partial charge in [0.2, 0.25) is 0 Å². The SMILES string of the molecule is O=CC1CCc2ccccc2C1Cl. The van der Waals surface area contributed by atoms with E-state index in [2.05, 4.69) is 6.07 Å². The molecule has 0 spiro atoms. The molecular weight excluding hydrogens is 184 g/mol. The van der Waals surface area contributed by atoms with Gasteiger partial charge in [-0.15, -0.1) is 11.6 Å². The van der Waals surface area contributed by atoms with Crippen molar-refractivity contribution >= 4 is 17.9 Å². The van der Waals surface area contributed by atoms with Crippen molar-refractivity contribution < 1.29 is 4.79 Å². The Morgan fingerprint density at radius 2 is 2.15 bits per heavy atom. The third-order valence-electron chi connectivity index (χ3n) is 2.65. The summed E-state index contributed by atoms with van der Waals surface area (Å²) in [5, 5.41) is -0.123. The van der Waals surface area contributed by atoms with Gasteiger partial charge in [0, 0.05) is 5.92 Å². The number of hydrogen-bond acceptors (Lipinski definition) is 1. The van der Waals surface area contributed by atoms with E-state index < -0.39 is 0 Å². The van der Waals surface area contributed by atoms with Crippen molar-refractivity contribution in [3.63, 3.8) is 0 Å². The largest absolute Gasteiger partial charge is 0.303 e. The lowest BCUT2D eigenvalue weighted by Gasteiger charge is -2.25. The van der Waals surface area contributed by atoms with Crippen LogP contribution in [0.5, 0.6) is 0 Å². The van der Waals surface area contributed by atoms with Crippen LogP contribution in [-0.4, -0.2) is 6.29 Å². The summed E-state index contributed by atoms with van der Waals surface area (Å²) in [5.41, 5.74) is 2.42. The van der Waals surface area contributed by atoms with Gasteiger partial charge >= 0.3 is 0 Å². The lowest BCUT2D eigenvalue weighted by molar-refractivity contribution is -0.111. The molecule has 68 valence electrons. The maximum atomic E-state index is 10.7. The van der Waals surface area contributed by atoms with Gasteiger partial charge in [-0.2, -0.15) is 0 Å². The summed E-state index contributed by atoms with van der Waals surface area (Å²) in [5.74, 6) is -0.00318. The van der Waals surface area contributed by atoms with Crippen LogP contribution in [-0.2, 0) is 11.2 Å². The van der Waals surface area contributed by atoms with E-state index >= 15 is 0 Å². The molecule has 0 radical (unpaired) electrons. The molecule has 2 atom stereocenters. The number of alkyl halides is 1. The van der Waals surface area contributed by atoms with Crippen LogP contribution in [0, 0.1) is 5.92 Å². The smallest absolute Gasteiger partial charge is 0.124 e. The second kappa shape index (κ2) is 3.51. The topological polar surface area (TPSA) is 17.1 Å². The fraction of sp³-hybridized carbons (Fsp3) is 0.364. The van der Waals surface area contributed by atoms with Crippen LogP contribution in [0.4, 0.5) is 0 Å². The summed E-state index contributed by atoms with van der Waals surface area (Å²) < 4.78 is 0. The maximum absolute atomic E-state index is 10.7. The van der Waals surface area contributed by atoms with Crippen molar-refractivity contribution in [2.45, 2.75) is 18.2 Å². The van der Waals surface area contributed by atoms with Crippen LogP contribution < -0.4 is 0 Å². The van der Waals surface area contributed by atoms with Crippen LogP contribution >= 0.6 is 11.6 Å². The quantitative estimate of drug-likeness (QED) is 0.496. The molecule has 1 aromatic carbocycles. The lowest BCUT2D eigenvalue weighted by atomic mass is 9.84. The Balaban J connectivity index is 2.38. The number of hydrogen-bond donors (Lipinski definition) is 0. The number of carbonyl (C=O) groups is 1. The van der Waals surface area contributed by atoms with Crippen molar-refractivity contribution in [3.05, 3.63) is 35.4 Å². The van der Waals surface area contributed by atoms with E-state index in [0.717, 1.165) is 24.7 Å². The molecule has 2 rings (SSSR count). The van der Waals surface area contributed by atoms with E-state index in [-0.39, 0.29) is 11.3 Å². The minimum absolute atomic E-state index is 0.00318. The normalized spacial score (nSPS) is 26.5. The highest BCUT2D eigenvalue weighted by atomic mass is 35.5. The van der Waals surface area contributed by atoms with Crippen LogP contribution in [0.2, 0.25) is 0 Å². The molecule has 0 amide bonds. The second-order valence-electron chi connectivity index (χ2n) is 3.44. The van der Waals surface area contributed by atoms with Crippen molar-refractivity contribution in [1.82, 2.24) is 0 Å². The molecule has 0 aliphatic heterocycles. The number of fused-ring (bicyclic) bond motifs is 1. The van der Waals surface area contributed by atoms with Gasteiger partial charge in [-0.1, -0.05) is 24.3 Å². The van der Waals surface area contributed by atoms with Crippen molar-refractivity contribution in [3.8, 4) is 0 Å². The average Bonchev–Trinajstić information content (AvgIpc) is 2.19. The fourth-order valence-corrected chi connectivity index (χ4v) is 2.27. The molecule has 13 heavy (non-hydrogen) atoms. The van der Waals surface area contributed by atoms with E-state index in [1.54, 1.807) is 0 Å². The van der Waals surface area contributed by atoms with Gasteiger partial charge in [-0.25, -0.2) is 0 Å². The van der Waals surface area contributed by atoms with Crippen molar-refractivity contribution in [2.24, 2.45) is 5.92 Å². The van der Waals surface area contributed by atoms with Crippen LogP contribution in [0.15, 0.2) is 24.3 Å². The number of aryl methyl sites for hydroxylation is 1. The van der Waals surface area contributed by atoms with E-state index in [9.17, 15) is 4.79 Å². The number of halogens is 1. The molecule has 0 N–H and O–H groups in total.